The zero-order chi connectivity index (χ0) is 13.5. The van der Waals surface area contributed by atoms with Crippen LogP contribution in [0.25, 0.3) is 0 Å². The Balaban J connectivity index is 2.70. The molecule has 1 rings (SSSR count). The second-order valence-electron chi connectivity index (χ2n) is 5.18. The number of methoxy groups -OCH3 is 1. The van der Waals surface area contributed by atoms with E-state index >= 15 is 0 Å². The van der Waals surface area contributed by atoms with Crippen LogP contribution in [0, 0.1) is 5.92 Å². The minimum absolute atomic E-state index is 0.518. The molecule has 0 bridgehead atoms. The van der Waals surface area contributed by atoms with E-state index < -0.39 is 0 Å². The smallest absolute Gasteiger partial charge is 0.142 e. The van der Waals surface area contributed by atoms with Gasteiger partial charge in [0.2, 0.25) is 0 Å². The van der Waals surface area contributed by atoms with E-state index in [-0.39, 0.29) is 0 Å². The maximum atomic E-state index is 5.56. The van der Waals surface area contributed by atoms with Gasteiger partial charge >= 0.3 is 0 Å². The number of nitrogens with two attached hydrogens (primary N) is 1. The largest absolute Gasteiger partial charge is 0.495 e. The molecule has 0 heterocycles. The molecule has 1 aromatic rings. The zero-order valence-corrected chi connectivity index (χ0v) is 12.0. The molecular formula is C15H26N2O. The number of rotatable bonds is 7. The third-order valence-electron chi connectivity index (χ3n) is 3.19. The Bertz CT molecular complexity index is 364. The summed E-state index contributed by atoms with van der Waals surface area (Å²) in [6, 6.07) is 6.37. The summed E-state index contributed by atoms with van der Waals surface area (Å²) in [4.78, 5) is 0. The number of ether oxygens (including phenoxy) is 1. The van der Waals surface area contributed by atoms with Crippen LogP contribution in [0.5, 0.6) is 5.75 Å². The Hall–Kier alpha value is -1.22. The second kappa shape index (κ2) is 7.27. The average Bonchev–Trinajstić information content (AvgIpc) is 2.36. The van der Waals surface area contributed by atoms with Crippen LogP contribution in [-0.2, 0) is 0 Å². The van der Waals surface area contributed by atoms with Gasteiger partial charge in [-0.25, -0.2) is 0 Å². The van der Waals surface area contributed by atoms with E-state index in [4.69, 9.17) is 10.5 Å². The topological polar surface area (TPSA) is 47.3 Å². The molecule has 0 radical (unpaired) electrons. The van der Waals surface area contributed by atoms with Crippen LogP contribution >= 0.6 is 0 Å². The van der Waals surface area contributed by atoms with E-state index in [0.29, 0.717) is 11.8 Å². The molecule has 102 valence electrons. The Labute approximate surface area is 111 Å². The van der Waals surface area contributed by atoms with E-state index in [9.17, 15) is 0 Å². The molecule has 3 nitrogen and oxygen atoms in total. The van der Waals surface area contributed by atoms with Crippen LogP contribution in [0.15, 0.2) is 18.2 Å². The summed E-state index contributed by atoms with van der Waals surface area (Å²) in [6.07, 6.45) is 1.04. The summed E-state index contributed by atoms with van der Waals surface area (Å²) in [5, 5.41) is 3.43. The van der Waals surface area contributed by atoms with Crippen LogP contribution in [0.3, 0.4) is 0 Å². The summed E-state index contributed by atoms with van der Waals surface area (Å²) < 4.78 is 5.44. The van der Waals surface area contributed by atoms with Crippen molar-refractivity contribution in [2.24, 2.45) is 11.7 Å². The first-order valence-electron chi connectivity index (χ1n) is 6.70. The van der Waals surface area contributed by atoms with Gasteiger partial charge in [0.05, 0.1) is 12.8 Å². The lowest BCUT2D eigenvalue weighted by Gasteiger charge is -2.16. The van der Waals surface area contributed by atoms with E-state index in [1.165, 1.54) is 5.56 Å². The van der Waals surface area contributed by atoms with Gasteiger partial charge in [-0.15, -0.1) is 0 Å². The van der Waals surface area contributed by atoms with Gasteiger partial charge in [-0.3, -0.25) is 0 Å². The van der Waals surface area contributed by atoms with Crippen molar-refractivity contribution in [1.82, 2.24) is 0 Å². The van der Waals surface area contributed by atoms with Gasteiger partial charge in [-0.1, -0.05) is 26.8 Å². The summed E-state index contributed by atoms with van der Waals surface area (Å²) in [5.74, 6) is 2.01. The molecule has 0 aliphatic carbocycles. The van der Waals surface area contributed by atoms with Crippen LogP contribution in [0.4, 0.5) is 5.69 Å². The van der Waals surface area contributed by atoms with Crippen LogP contribution < -0.4 is 15.8 Å². The lowest BCUT2D eigenvalue weighted by molar-refractivity contribution is 0.415. The lowest BCUT2D eigenvalue weighted by atomic mass is 10.0. The quantitative estimate of drug-likeness (QED) is 0.781. The molecule has 0 amide bonds. The van der Waals surface area contributed by atoms with Crippen molar-refractivity contribution in [3.05, 3.63) is 23.8 Å². The Kier molecular flexibility index (Phi) is 5.99. The number of anilines is 1. The Morgan fingerprint density at radius 3 is 2.56 bits per heavy atom. The highest BCUT2D eigenvalue weighted by atomic mass is 16.5. The third kappa shape index (κ3) is 4.22. The Morgan fingerprint density at radius 2 is 2.00 bits per heavy atom. The van der Waals surface area contributed by atoms with E-state index in [1.807, 2.05) is 0 Å². The molecule has 0 aliphatic rings. The van der Waals surface area contributed by atoms with Gasteiger partial charge in [0.15, 0.2) is 0 Å². The van der Waals surface area contributed by atoms with E-state index in [0.717, 1.165) is 30.9 Å². The van der Waals surface area contributed by atoms with Crippen molar-refractivity contribution in [3.8, 4) is 5.75 Å². The molecule has 3 heteroatoms. The number of hydrogen-bond donors (Lipinski definition) is 2. The highest BCUT2D eigenvalue weighted by Crippen LogP contribution is 2.28. The van der Waals surface area contributed by atoms with Crippen molar-refractivity contribution in [3.63, 3.8) is 0 Å². The fraction of sp³-hybridized carbons (Fsp3) is 0.600. The van der Waals surface area contributed by atoms with Gasteiger partial charge in [-0.2, -0.15) is 0 Å². The first-order chi connectivity index (χ1) is 8.58. The van der Waals surface area contributed by atoms with Gasteiger partial charge < -0.3 is 15.8 Å². The summed E-state index contributed by atoms with van der Waals surface area (Å²) in [5.41, 5.74) is 7.91. The third-order valence-corrected chi connectivity index (χ3v) is 3.19. The number of benzene rings is 1. The van der Waals surface area contributed by atoms with Gasteiger partial charge in [0.1, 0.15) is 5.75 Å². The molecule has 0 fully saturated rings. The van der Waals surface area contributed by atoms with Crippen molar-refractivity contribution < 1.29 is 4.74 Å². The first kappa shape index (κ1) is 14.8. The van der Waals surface area contributed by atoms with Crippen LogP contribution in [-0.4, -0.2) is 20.2 Å². The summed E-state index contributed by atoms with van der Waals surface area (Å²) in [6.45, 7) is 8.24. The summed E-state index contributed by atoms with van der Waals surface area (Å²) in [7, 11) is 1.72. The molecule has 0 spiro atoms. The molecule has 0 aliphatic heterocycles. The minimum Gasteiger partial charge on any atom is -0.495 e. The fourth-order valence-electron chi connectivity index (χ4n) is 1.88. The summed E-state index contributed by atoms with van der Waals surface area (Å²) >= 11 is 0. The number of nitrogens with one attached hydrogen (secondary N) is 1. The lowest BCUT2D eigenvalue weighted by Crippen LogP contribution is -2.15. The van der Waals surface area contributed by atoms with Crippen molar-refractivity contribution in [2.45, 2.75) is 33.1 Å². The molecule has 0 aromatic heterocycles. The second-order valence-corrected chi connectivity index (χ2v) is 5.18. The average molecular weight is 250 g/mol. The molecule has 1 atom stereocenters. The maximum absolute atomic E-state index is 5.56. The highest BCUT2D eigenvalue weighted by molar-refractivity contribution is 5.58. The molecule has 1 aromatic carbocycles. The van der Waals surface area contributed by atoms with Crippen molar-refractivity contribution in [1.29, 1.82) is 0 Å². The first-order valence-corrected chi connectivity index (χ1v) is 6.70. The molecule has 3 N–H and O–H groups in total. The molecule has 18 heavy (non-hydrogen) atoms. The predicted molar refractivity (Wildman–Crippen MR) is 78.4 cm³/mol. The van der Waals surface area contributed by atoms with Gasteiger partial charge in [0, 0.05) is 6.54 Å². The van der Waals surface area contributed by atoms with E-state index in [1.54, 1.807) is 7.11 Å². The molecule has 0 saturated carbocycles. The van der Waals surface area contributed by atoms with Gasteiger partial charge in [-0.05, 0) is 42.5 Å². The molecule has 1 unspecified atom stereocenters. The predicted octanol–water partition coefficient (Wildman–Crippen LogP) is 3.22. The van der Waals surface area contributed by atoms with Crippen LogP contribution in [0.1, 0.15) is 38.7 Å². The standard InChI is InChI=1S/C15H26N2O/c1-11(2)13-5-6-14(15(9-13)18-4)17-10-12(3)7-8-16/h5-6,9,11-12,17H,7-8,10,16H2,1-4H3. The highest BCUT2D eigenvalue weighted by Gasteiger charge is 2.08. The normalized spacial score (nSPS) is 12.6. The molecular weight excluding hydrogens is 224 g/mol. The monoisotopic (exact) mass is 250 g/mol. The Morgan fingerprint density at radius 1 is 1.28 bits per heavy atom. The van der Waals surface area contributed by atoms with Crippen molar-refractivity contribution >= 4 is 5.69 Å². The minimum atomic E-state index is 0.518. The fourth-order valence-corrected chi connectivity index (χ4v) is 1.88. The van der Waals surface area contributed by atoms with Gasteiger partial charge in [0.25, 0.3) is 0 Å². The SMILES string of the molecule is COc1cc(C(C)C)ccc1NCC(C)CCN. The van der Waals surface area contributed by atoms with E-state index in [2.05, 4.69) is 44.3 Å². The maximum Gasteiger partial charge on any atom is 0.142 e. The van der Waals surface area contributed by atoms with Crippen LogP contribution in [0.2, 0.25) is 0 Å². The zero-order valence-electron chi connectivity index (χ0n) is 12.0. The van der Waals surface area contributed by atoms with Crippen molar-refractivity contribution in [2.75, 3.05) is 25.5 Å². The number of hydrogen-bond acceptors (Lipinski definition) is 3. The molecule has 0 saturated heterocycles.